The van der Waals surface area contributed by atoms with E-state index in [2.05, 4.69) is 29.2 Å². The van der Waals surface area contributed by atoms with Crippen LogP contribution in [0.5, 0.6) is 0 Å². The molecule has 24 heavy (non-hydrogen) atoms. The first-order chi connectivity index (χ1) is 11.5. The molecule has 1 aliphatic rings. The lowest BCUT2D eigenvalue weighted by atomic mass is 10.0. The lowest BCUT2D eigenvalue weighted by Crippen LogP contribution is -2.50. The number of carbonyl (C=O) groups excluding carboxylic acids is 1. The largest absolute Gasteiger partial charge is 0.355 e. The Hall–Kier alpha value is -1.85. The molecular weight excluding hydrogens is 326 g/mol. The SMILES string of the molecule is CC(C)(CNC(=O)c1cc(-c2ccc(Cl)cc2)on1)N1CCCC1. The molecule has 0 spiro atoms. The van der Waals surface area contributed by atoms with Gasteiger partial charge in [0.05, 0.1) is 0 Å². The second-order valence-corrected chi connectivity index (χ2v) is 7.21. The molecule has 0 atom stereocenters. The van der Waals surface area contributed by atoms with Crippen LogP contribution >= 0.6 is 11.6 Å². The van der Waals surface area contributed by atoms with Crippen LogP contribution in [0.3, 0.4) is 0 Å². The molecule has 2 heterocycles. The second-order valence-electron chi connectivity index (χ2n) is 6.77. The Labute approximate surface area is 147 Å². The summed E-state index contributed by atoms with van der Waals surface area (Å²) in [4.78, 5) is 14.7. The number of nitrogens with zero attached hydrogens (tertiary/aromatic N) is 2. The van der Waals surface area contributed by atoms with Crippen LogP contribution in [0.15, 0.2) is 34.9 Å². The molecule has 6 heteroatoms. The van der Waals surface area contributed by atoms with Gasteiger partial charge in [-0.3, -0.25) is 9.69 Å². The van der Waals surface area contributed by atoms with E-state index in [-0.39, 0.29) is 17.1 Å². The van der Waals surface area contributed by atoms with E-state index in [4.69, 9.17) is 16.1 Å². The highest BCUT2D eigenvalue weighted by atomic mass is 35.5. The molecular formula is C18H22ClN3O2. The number of benzene rings is 1. The van der Waals surface area contributed by atoms with Gasteiger partial charge >= 0.3 is 0 Å². The van der Waals surface area contributed by atoms with Crippen LogP contribution in [0.25, 0.3) is 11.3 Å². The van der Waals surface area contributed by atoms with Gasteiger partial charge in [-0.25, -0.2) is 0 Å². The van der Waals surface area contributed by atoms with Crippen molar-refractivity contribution in [1.29, 1.82) is 0 Å². The zero-order chi connectivity index (χ0) is 17.2. The molecule has 1 aliphatic heterocycles. The lowest BCUT2D eigenvalue weighted by molar-refractivity contribution is 0.0893. The predicted molar refractivity (Wildman–Crippen MR) is 94.2 cm³/mol. The van der Waals surface area contributed by atoms with E-state index in [0.29, 0.717) is 17.3 Å². The molecule has 1 saturated heterocycles. The Morgan fingerprint density at radius 1 is 1.29 bits per heavy atom. The molecule has 1 amide bonds. The third-order valence-electron chi connectivity index (χ3n) is 4.52. The van der Waals surface area contributed by atoms with E-state index >= 15 is 0 Å². The highest BCUT2D eigenvalue weighted by molar-refractivity contribution is 6.30. The van der Waals surface area contributed by atoms with Crippen LogP contribution in [0.4, 0.5) is 0 Å². The maximum absolute atomic E-state index is 12.3. The quantitative estimate of drug-likeness (QED) is 0.897. The summed E-state index contributed by atoms with van der Waals surface area (Å²) in [6.07, 6.45) is 2.45. The van der Waals surface area contributed by atoms with Crippen molar-refractivity contribution in [2.24, 2.45) is 0 Å². The van der Waals surface area contributed by atoms with Gasteiger partial charge in [-0.05, 0) is 64.0 Å². The summed E-state index contributed by atoms with van der Waals surface area (Å²) in [5.74, 6) is 0.335. The molecule has 5 nitrogen and oxygen atoms in total. The Morgan fingerprint density at radius 3 is 2.62 bits per heavy atom. The number of amides is 1. The van der Waals surface area contributed by atoms with Crippen molar-refractivity contribution in [3.63, 3.8) is 0 Å². The van der Waals surface area contributed by atoms with Crippen molar-refractivity contribution in [2.45, 2.75) is 32.2 Å². The van der Waals surface area contributed by atoms with E-state index in [1.54, 1.807) is 18.2 Å². The molecule has 1 fully saturated rings. The molecule has 0 radical (unpaired) electrons. The molecule has 0 bridgehead atoms. The monoisotopic (exact) mass is 347 g/mol. The highest BCUT2D eigenvalue weighted by Gasteiger charge is 2.29. The number of rotatable bonds is 5. The first kappa shape index (κ1) is 17.0. The van der Waals surface area contributed by atoms with E-state index in [1.165, 1.54) is 12.8 Å². The van der Waals surface area contributed by atoms with E-state index in [0.717, 1.165) is 18.7 Å². The van der Waals surface area contributed by atoms with Crippen molar-refractivity contribution in [2.75, 3.05) is 19.6 Å². The summed E-state index contributed by atoms with van der Waals surface area (Å²) in [5, 5.41) is 7.50. The van der Waals surface area contributed by atoms with Crippen LogP contribution in [0.2, 0.25) is 5.02 Å². The lowest BCUT2D eigenvalue weighted by Gasteiger charge is -2.35. The zero-order valence-electron chi connectivity index (χ0n) is 14.0. The number of aromatic nitrogens is 1. The summed E-state index contributed by atoms with van der Waals surface area (Å²) in [5.41, 5.74) is 1.06. The minimum absolute atomic E-state index is 0.0606. The summed E-state index contributed by atoms with van der Waals surface area (Å²) in [7, 11) is 0. The van der Waals surface area contributed by atoms with Crippen LogP contribution in [0, 0.1) is 0 Å². The highest BCUT2D eigenvalue weighted by Crippen LogP contribution is 2.23. The third kappa shape index (κ3) is 3.79. The summed E-state index contributed by atoms with van der Waals surface area (Å²) in [6, 6.07) is 8.87. The second kappa shape index (κ2) is 6.95. The topological polar surface area (TPSA) is 58.4 Å². The molecule has 0 saturated carbocycles. The van der Waals surface area contributed by atoms with Crippen molar-refractivity contribution in [3.8, 4) is 11.3 Å². The molecule has 1 N–H and O–H groups in total. The van der Waals surface area contributed by atoms with Crippen molar-refractivity contribution in [3.05, 3.63) is 41.0 Å². The smallest absolute Gasteiger partial charge is 0.273 e. The fourth-order valence-electron chi connectivity index (χ4n) is 2.95. The van der Waals surface area contributed by atoms with Crippen LogP contribution < -0.4 is 5.32 Å². The molecule has 0 aliphatic carbocycles. The van der Waals surface area contributed by atoms with Gasteiger partial charge in [0.2, 0.25) is 0 Å². The van der Waals surface area contributed by atoms with Crippen molar-refractivity contribution >= 4 is 17.5 Å². The fraction of sp³-hybridized carbons (Fsp3) is 0.444. The van der Waals surface area contributed by atoms with Crippen molar-refractivity contribution in [1.82, 2.24) is 15.4 Å². The molecule has 2 aromatic rings. The Morgan fingerprint density at radius 2 is 1.96 bits per heavy atom. The summed E-state index contributed by atoms with van der Waals surface area (Å²) in [6.45, 7) is 7.07. The van der Waals surface area contributed by atoms with Gasteiger partial charge in [0, 0.05) is 28.7 Å². The van der Waals surface area contributed by atoms with Gasteiger partial charge in [0.1, 0.15) is 0 Å². The third-order valence-corrected chi connectivity index (χ3v) is 4.77. The Balaban J connectivity index is 1.62. The van der Waals surface area contributed by atoms with E-state index in [9.17, 15) is 4.79 Å². The minimum atomic E-state index is -0.216. The van der Waals surface area contributed by atoms with Gasteiger partial charge < -0.3 is 9.84 Å². The zero-order valence-corrected chi connectivity index (χ0v) is 14.8. The molecule has 1 aromatic carbocycles. The Kier molecular flexibility index (Phi) is 4.92. The average Bonchev–Trinajstić information content (AvgIpc) is 3.25. The fourth-order valence-corrected chi connectivity index (χ4v) is 3.08. The first-order valence-electron chi connectivity index (χ1n) is 8.22. The average molecular weight is 348 g/mol. The van der Waals surface area contributed by atoms with Crippen LogP contribution in [-0.4, -0.2) is 41.1 Å². The van der Waals surface area contributed by atoms with E-state index in [1.807, 2.05) is 12.1 Å². The van der Waals surface area contributed by atoms with Gasteiger partial charge in [-0.1, -0.05) is 16.8 Å². The standard InChI is InChI=1S/C18H22ClN3O2/c1-18(2,22-9-3-4-10-22)12-20-17(23)15-11-16(24-21-15)13-5-7-14(19)8-6-13/h5-8,11H,3-4,9-10,12H2,1-2H3,(H,20,23). The number of halogens is 1. The summed E-state index contributed by atoms with van der Waals surface area (Å²) < 4.78 is 5.28. The number of hydrogen-bond donors (Lipinski definition) is 1. The van der Waals surface area contributed by atoms with E-state index < -0.39 is 0 Å². The number of carbonyl (C=O) groups is 1. The predicted octanol–water partition coefficient (Wildman–Crippen LogP) is 3.60. The van der Waals surface area contributed by atoms with Gasteiger partial charge in [-0.2, -0.15) is 0 Å². The molecule has 128 valence electrons. The molecule has 0 unspecified atom stereocenters. The minimum Gasteiger partial charge on any atom is -0.355 e. The van der Waals surface area contributed by atoms with Crippen LogP contribution in [0.1, 0.15) is 37.2 Å². The molecule has 1 aromatic heterocycles. The number of nitrogens with one attached hydrogen (secondary N) is 1. The number of likely N-dealkylation sites (tertiary alicyclic amines) is 1. The normalized spacial score (nSPS) is 15.6. The summed E-state index contributed by atoms with van der Waals surface area (Å²) >= 11 is 5.88. The molecule has 3 rings (SSSR count). The van der Waals surface area contributed by atoms with Gasteiger partial charge in [-0.15, -0.1) is 0 Å². The van der Waals surface area contributed by atoms with Gasteiger partial charge in [0.25, 0.3) is 5.91 Å². The van der Waals surface area contributed by atoms with Crippen molar-refractivity contribution < 1.29 is 9.32 Å². The first-order valence-corrected chi connectivity index (χ1v) is 8.59. The van der Waals surface area contributed by atoms with Crippen LogP contribution in [-0.2, 0) is 0 Å². The maximum atomic E-state index is 12.3. The Bertz CT molecular complexity index is 703. The maximum Gasteiger partial charge on any atom is 0.273 e. The van der Waals surface area contributed by atoms with Gasteiger partial charge in [0.15, 0.2) is 11.5 Å². The number of hydrogen-bond acceptors (Lipinski definition) is 4.